The van der Waals surface area contributed by atoms with Crippen LogP contribution < -0.4 is 9.75 Å². The van der Waals surface area contributed by atoms with Crippen LogP contribution in [0.25, 0.3) is 0 Å². The first kappa shape index (κ1) is 27.6. The molecule has 1 aromatic heterocycles. The van der Waals surface area contributed by atoms with Gasteiger partial charge in [-0.05, 0) is 68.3 Å². The zero-order chi connectivity index (χ0) is 30.9. The average Bonchev–Trinajstić information content (AvgIpc) is 3.51. The molecule has 222 valence electrons. The standard InChI is InChI=1S/C32H24F2N4O6/c1-16-27(38(41)42)30(44-36-16)25-26(18-8-10-19(33)11-9-18)32(17(2)35-37(31(32)40)21-6-4-3-5-7-21)15-23-28(39)22-14-20(34)12-13-24(22)43-29(23)25/h3-14,23,25-26,29H,15H2,1-2H3/t23-,25-,26-,29-,32-/m1/s1. The predicted octanol–water partition coefficient (Wildman–Crippen LogP) is 6.11. The molecule has 1 fully saturated rings. The molecule has 3 heterocycles. The number of ketones is 1. The summed E-state index contributed by atoms with van der Waals surface area (Å²) in [4.78, 5) is 40.7. The van der Waals surface area contributed by atoms with Crippen LogP contribution in [0.15, 0.2) is 82.4 Å². The summed E-state index contributed by atoms with van der Waals surface area (Å²) in [5.74, 6) is -5.38. The van der Waals surface area contributed by atoms with Crippen molar-refractivity contribution in [2.24, 2.45) is 16.4 Å². The normalized spacial score (nSPS) is 25.8. The lowest BCUT2D eigenvalue weighted by molar-refractivity contribution is -0.387. The van der Waals surface area contributed by atoms with E-state index in [0.29, 0.717) is 17.0 Å². The van der Waals surface area contributed by atoms with Crippen LogP contribution in [0.3, 0.4) is 0 Å². The zero-order valence-corrected chi connectivity index (χ0v) is 23.4. The number of halogens is 2. The molecule has 10 nitrogen and oxygen atoms in total. The minimum Gasteiger partial charge on any atom is -0.488 e. The van der Waals surface area contributed by atoms with Crippen LogP contribution in [-0.2, 0) is 4.79 Å². The summed E-state index contributed by atoms with van der Waals surface area (Å²) in [6, 6.07) is 17.8. The first-order valence-corrected chi connectivity index (χ1v) is 13.9. The molecule has 1 spiro atoms. The van der Waals surface area contributed by atoms with Crippen molar-refractivity contribution in [3.63, 3.8) is 0 Å². The number of hydrogen-bond donors (Lipinski definition) is 0. The lowest BCUT2D eigenvalue weighted by Crippen LogP contribution is -2.58. The van der Waals surface area contributed by atoms with Crippen LogP contribution in [0.1, 0.15) is 52.6 Å². The molecule has 1 aliphatic carbocycles. The number of ether oxygens (including phenoxy) is 1. The smallest absolute Gasteiger partial charge is 0.334 e. The molecule has 7 rings (SSSR count). The van der Waals surface area contributed by atoms with Gasteiger partial charge in [-0.1, -0.05) is 35.5 Å². The largest absolute Gasteiger partial charge is 0.488 e. The van der Waals surface area contributed by atoms with Gasteiger partial charge in [-0.15, -0.1) is 0 Å². The second-order valence-corrected chi connectivity index (χ2v) is 11.3. The Hall–Kier alpha value is -5.26. The Labute approximate surface area is 249 Å². The molecule has 44 heavy (non-hydrogen) atoms. The second kappa shape index (κ2) is 9.90. The van der Waals surface area contributed by atoms with E-state index in [0.717, 1.165) is 12.1 Å². The van der Waals surface area contributed by atoms with E-state index in [1.807, 2.05) is 0 Å². The number of hydrazone groups is 1. The number of nitrogens with zero attached hydrogens (tertiary/aromatic N) is 4. The average molecular weight is 599 g/mol. The summed E-state index contributed by atoms with van der Waals surface area (Å²) >= 11 is 0. The molecule has 1 saturated carbocycles. The molecule has 0 radical (unpaired) electrons. The fourth-order valence-corrected chi connectivity index (χ4v) is 7.13. The molecule has 4 aromatic rings. The number of carbonyl (C=O) groups is 2. The topological polar surface area (TPSA) is 128 Å². The molecule has 0 saturated heterocycles. The number of benzene rings is 3. The van der Waals surface area contributed by atoms with E-state index in [4.69, 9.17) is 9.26 Å². The highest BCUT2D eigenvalue weighted by atomic mass is 19.1. The molecule has 1 amide bonds. The summed E-state index contributed by atoms with van der Waals surface area (Å²) in [6.07, 6.45) is -1.19. The van der Waals surface area contributed by atoms with Crippen LogP contribution in [0.4, 0.5) is 20.2 Å². The van der Waals surface area contributed by atoms with Crippen molar-refractivity contribution in [2.45, 2.75) is 38.2 Å². The molecule has 2 aliphatic heterocycles. The molecule has 0 unspecified atom stereocenters. The quantitative estimate of drug-likeness (QED) is 0.205. The summed E-state index contributed by atoms with van der Waals surface area (Å²) in [5, 5.41) is 22.2. The molecule has 5 atom stereocenters. The monoisotopic (exact) mass is 598 g/mol. The van der Waals surface area contributed by atoms with Gasteiger partial charge in [0.15, 0.2) is 11.5 Å². The van der Waals surface area contributed by atoms with Gasteiger partial charge in [-0.2, -0.15) is 10.1 Å². The van der Waals surface area contributed by atoms with E-state index in [9.17, 15) is 28.5 Å². The molecule has 3 aliphatic rings. The SMILES string of the molecule is CC1=NN(c2ccccc2)C(=O)[C@]12C[C@@H]1C(=O)c3cc(F)ccc3O[C@H]1[C@H](c1onc(C)c1[N+](=O)[O-])[C@H]2c1ccc(F)cc1. The van der Waals surface area contributed by atoms with Crippen LogP contribution in [-0.4, -0.2) is 33.6 Å². The van der Waals surface area contributed by atoms with Crippen molar-refractivity contribution in [1.82, 2.24) is 5.16 Å². The van der Waals surface area contributed by atoms with Crippen LogP contribution in [0.5, 0.6) is 5.75 Å². The van der Waals surface area contributed by atoms with Gasteiger partial charge in [0, 0.05) is 5.92 Å². The van der Waals surface area contributed by atoms with E-state index in [2.05, 4.69) is 10.3 Å². The highest BCUT2D eigenvalue weighted by Crippen LogP contribution is 2.62. The maximum Gasteiger partial charge on any atom is 0.334 e. The summed E-state index contributed by atoms with van der Waals surface area (Å²) < 4.78 is 40.7. The van der Waals surface area contributed by atoms with Crippen molar-refractivity contribution in [3.8, 4) is 5.75 Å². The van der Waals surface area contributed by atoms with Gasteiger partial charge in [-0.3, -0.25) is 19.7 Å². The number of nitro groups is 1. The van der Waals surface area contributed by atoms with Gasteiger partial charge >= 0.3 is 5.69 Å². The number of aryl methyl sites for hydroxylation is 1. The van der Waals surface area contributed by atoms with Crippen LogP contribution in [0, 0.1) is 40.0 Å². The molecular formula is C32H24F2N4O6. The Balaban J connectivity index is 1.52. The van der Waals surface area contributed by atoms with Crippen molar-refractivity contribution in [2.75, 3.05) is 5.01 Å². The number of aromatic nitrogens is 1. The Morgan fingerprint density at radius 2 is 1.70 bits per heavy atom. The van der Waals surface area contributed by atoms with Gasteiger partial charge < -0.3 is 9.26 Å². The van der Waals surface area contributed by atoms with Crippen LogP contribution in [0.2, 0.25) is 0 Å². The number of anilines is 1. The maximum absolute atomic E-state index is 14.8. The predicted molar refractivity (Wildman–Crippen MR) is 152 cm³/mol. The van der Waals surface area contributed by atoms with Gasteiger partial charge in [0.25, 0.3) is 5.91 Å². The third-order valence-corrected chi connectivity index (χ3v) is 9.03. The summed E-state index contributed by atoms with van der Waals surface area (Å²) in [6.45, 7) is 3.08. The highest BCUT2D eigenvalue weighted by molar-refractivity contribution is 6.20. The fourth-order valence-electron chi connectivity index (χ4n) is 7.13. The molecule has 0 N–H and O–H groups in total. The summed E-state index contributed by atoms with van der Waals surface area (Å²) in [7, 11) is 0. The van der Waals surface area contributed by atoms with Crippen LogP contribution >= 0.6 is 0 Å². The Morgan fingerprint density at radius 3 is 2.41 bits per heavy atom. The first-order chi connectivity index (χ1) is 21.1. The number of hydrogen-bond acceptors (Lipinski definition) is 8. The second-order valence-electron chi connectivity index (χ2n) is 11.3. The van der Waals surface area contributed by atoms with Gasteiger partial charge in [-0.25, -0.2) is 8.78 Å². The van der Waals surface area contributed by atoms with Gasteiger partial charge in [0.05, 0.1) is 39.1 Å². The third-order valence-electron chi connectivity index (χ3n) is 9.03. The zero-order valence-electron chi connectivity index (χ0n) is 23.4. The number of rotatable bonds is 4. The van der Waals surface area contributed by atoms with E-state index < -0.39 is 63.2 Å². The molecule has 12 heteroatoms. The highest BCUT2D eigenvalue weighted by Gasteiger charge is 2.67. The van der Waals surface area contributed by atoms with E-state index in [1.54, 1.807) is 37.3 Å². The van der Waals surface area contributed by atoms with Gasteiger partial charge in [0.1, 0.15) is 23.5 Å². The minimum absolute atomic E-state index is 0.00214. The maximum atomic E-state index is 14.8. The lowest BCUT2D eigenvalue weighted by atomic mass is 9.52. The fraction of sp³-hybridized carbons (Fsp3) is 0.250. The number of amides is 1. The Bertz CT molecular complexity index is 1880. The van der Waals surface area contributed by atoms with Crippen molar-refractivity contribution >= 4 is 28.8 Å². The Morgan fingerprint density at radius 1 is 1.00 bits per heavy atom. The van der Waals surface area contributed by atoms with Crippen molar-refractivity contribution in [3.05, 3.63) is 117 Å². The summed E-state index contributed by atoms with van der Waals surface area (Å²) in [5.41, 5.74) is -0.693. The minimum atomic E-state index is -1.56. The number of para-hydroxylation sites is 1. The van der Waals surface area contributed by atoms with E-state index in [1.165, 1.54) is 42.3 Å². The number of fused-ring (bicyclic) bond motifs is 2. The van der Waals surface area contributed by atoms with E-state index >= 15 is 0 Å². The van der Waals surface area contributed by atoms with Crippen molar-refractivity contribution < 1.29 is 32.6 Å². The van der Waals surface area contributed by atoms with Crippen molar-refractivity contribution in [1.29, 1.82) is 0 Å². The molecule has 0 bridgehead atoms. The number of carbonyl (C=O) groups excluding carboxylic acids is 2. The Kier molecular flexibility index (Phi) is 6.20. The molecule has 3 aromatic carbocycles. The van der Waals surface area contributed by atoms with Gasteiger partial charge in [0.2, 0.25) is 5.76 Å². The third kappa shape index (κ3) is 3.90. The number of Topliss-reactive ketones (excluding diaryl/α,β-unsaturated/α-hetero) is 1. The molecular weight excluding hydrogens is 574 g/mol. The first-order valence-electron chi connectivity index (χ1n) is 13.9. The van der Waals surface area contributed by atoms with E-state index in [-0.39, 0.29) is 29.2 Å². The lowest BCUT2D eigenvalue weighted by Gasteiger charge is -2.51.